The van der Waals surface area contributed by atoms with E-state index in [-0.39, 0.29) is 23.8 Å². The largest absolute Gasteiger partial charge is 0.458 e. The van der Waals surface area contributed by atoms with Crippen LogP contribution in [0.25, 0.3) is 22.3 Å². The molecule has 1 unspecified atom stereocenters. The van der Waals surface area contributed by atoms with Crippen molar-refractivity contribution >= 4 is 50.4 Å². The van der Waals surface area contributed by atoms with Crippen LogP contribution in [0.15, 0.2) is 59.5 Å². The van der Waals surface area contributed by atoms with Crippen LogP contribution < -0.4 is 15.8 Å². The lowest BCUT2D eigenvalue weighted by Crippen LogP contribution is -2.57. The Kier molecular flexibility index (Phi) is 4.66. The minimum Gasteiger partial charge on any atom is -0.458 e. The van der Waals surface area contributed by atoms with E-state index in [0.29, 0.717) is 39.4 Å². The first-order valence-corrected chi connectivity index (χ1v) is 12.8. The lowest BCUT2D eigenvalue weighted by Gasteiger charge is -2.41. The number of amides is 2. The number of nitrogens with one attached hydrogen (secondary N) is 1. The number of nitrogens with two attached hydrogens (primary N) is 1. The number of nitrogens with zero attached hydrogens (tertiary/aromatic N) is 5. The molecule has 10 nitrogen and oxygen atoms in total. The Hall–Kier alpha value is -3.99. The first-order valence-electron chi connectivity index (χ1n) is 12.0. The second-order valence-electron chi connectivity index (χ2n) is 9.80. The van der Waals surface area contributed by atoms with Gasteiger partial charge in [0.25, 0.3) is 11.6 Å². The summed E-state index contributed by atoms with van der Waals surface area (Å²) < 4.78 is 8.87. The molecule has 5 heterocycles. The summed E-state index contributed by atoms with van der Waals surface area (Å²) in [6.45, 7) is 1.73. The number of ether oxygens (including phenoxy) is 1. The van der Waals surface area contributed by atoms with Crippen molar-refractivity contribution in [3.8, 4) is 17.0 Å². The van der Waals surface area contributed by atoms with Gasteiger partial charge in [-0.05, 0) is 65.0 Å². The Bertz CT molecular complexity index is 1620. The Morgan fingerprint density at radius 3 is 2.84 bits per heavy atom. The molecule has 0 radical (unpaired) electrons. The maximum atomic E-state index is 14.5. The predicted octanol–water partition coefficient (Wildman–Crippen LogP) is 3.53. The molecule has 3 N–H and O–H groups in total. The van der Waals surface area contributed by atoms with Gasteiger partial charge < -0.3 is 20.7 Å². The average Bonchev–Trinajstić information content (AvgIpc) is 3.35. The van der Waals surface area contributed by atoms with Crippen molar-refractivity contribution in [2.24, 2.45) is 5.92 Å². The van der Waals surface area contributed by atoms with Gasteiger partial charge in [-0.3, -0.25) is 14.2 Å². The van der Waals surface area contributed by atoms with E-state index >= 15 is 0 Å². The van der Waals surface area contributed by atoms with Crippen LogP contribution in [0.5, 0.6) is 5.75 Å². The highest BCUT2D eigenvalue weighted by molar-refractivity contribution is 9.10. The molecule has 4 aromatic rings. The van der Waals surface area contributed by atoms with Gasteiger partial charge in [0.15, 0.2) is 0 Å². The van der Waals surface area contributed by atoms with E-state index < -0.39 is 11.8 Å². The number of carbonyl (C=O) groups is 2. The molecule has 2 aliphatic heterocycles. The predicted molar refractivity (Wildman–Crippen MR) is 139 cm³/mol. The van der Waals surface area contributed by atoms with Crippen LogP contribution in [-0.4, -0.2) is 48.3 Å². The quantitative estimate of drug-likeness (QED) is 0.367. The molecule has 37 heavy (non-hydrogen) atoms. The summed E-state index contributed by atoms with van der Waals surface area (Å²) in [5, 5.41) is 3.51. The Labute approximate surface area is 220 Å². The van der Waals surface area contributed by atoms with Crippen LogP contribution in [0.2, 0.25) is 0 Å². The zero-order chi connectivity index (χ0) is 25.5. The van der Waals surface area contributed by atoms with Gasteiger partial charge in [0.05, 0.1) is 11.1 Å². The van der Waals surface area contributed by atoms with Crippen molar-refractivity contribution in [2.45, 2.75) is 37.6 Å². The summed E-state index contributed by atoms with van der Waals surface area (Å²) in [6, 6.07) is 14.1. The van der Waals surface area contributed by atoms with Gasteiger partial charge in [-0.2, -0.15) is 0 Å². The molecule has 186 valence electrons. The first kappa shape index (κ1) is 22.2. The molecule has 7 rings (SSSR count). The van der Waals surface area contributed by atoms with Crippen molar-refractivity contribution in [3.63, 3.8) is 0 Å². The number of anilines is 2. The van der Waals surface area contributed by atoms with E-state index in [1.807, 2.05) is 30.3 Å². The number of aromatic nitrogens is 4. The lowest BCUT2D eigenvalue weighted by molar-refractivity contribution is -0.159. The molecule has 4 atom stereocenters. The number of para-hydroxylation sites is 1. The van der Waals surface area contributed by atoms with Gasteiger partial charge >= 0.3 is 0 Å². The van der Waals surface area contributed by atoms with Gasteiger partial charge in [-0.15, -0.1) is 0 Å². The number of carbonyl (C=O) groups excluding carboxylic acids is 2. The third-order valence-electron chi connectivity index (χ3n) is 7.53. The third kappa shape index (κ3) is 3.26. The molecular formula is C26H22BrN7O3. The molecule has 2 fully saturated rings. The van der Waals surface area contributed by atoms with E-state index in [1.54, 1.807) is 34.6 Å². The van der Waals surface area contributed by atoms with Gasteiger partial charge in [0.1, 0.15) is 40.0 Å². The van der Waals surface area contributed by atoms with Crippen LogP contribution >= 0.6 is 15.9 Å². The van der Waals surface area contributed by atoms with Crippen LogP contribution in [-0.2, 0) is 15.3 Å². The number of halogens is 1. The van der Waals surface area contributed by atoms with Gasteiger partial charge in [-0.1, -0.05) is 18.2 Å². The van der Waals surface area contributed by atoms with Crippen LogP contribution in [0, 0.1) is 5.92 Å². The fourth-order valence-electron chi connectivity index (χ4n) is 5.74. The fourth-order valence-corrected chi connectivity index (χ4v) is 6.08. The highest BCUT2D eigenvalue weighted by Gasteiger charge is 2.60. The van der Waals surface area contributed by atoms with Gasteiger partial charge in [0.2, 0.25) is 5.91 Å². The van der Waals surface area contributed by atoms with Crippen molar-refractivity contribution in [1.82, 2.24) is 24.4 Å². The standard InChI is InChI=1S/C26H22BrN7O3/c1-26(25(36)33-16-9-13(16)10-18(33)24(35)32-21-8-4-7-20(27)31-21)34-17(14-5-2-3-6-19(14)37-26)11-15-22(28)29-12-30-23(15)34/h2-8,11-13,16,18H,9-10H2,1H3,(H2,28,29,30)(H,31,32,35)/t13-,16-,18+,26?/m0/s1. The summed E-state index contributed by atoms with van der Waals surface area (Å²) in [5.41, 5.74) is 6.78. The topological polar surface area (TPSA) is 128 Å². The second-order valence-corrected chi connectivity index (χ2v) is 10.6. The van der Waals surface area contributed by atoms with E-state index in [0.717, 1.165) is 17.7 Å². The number of benzene rings is 1. The molecule has 1 saturated carbocycles. The zero-order valence-corrected chi connectivity index (χ0v) is 21.3. The van der Waals surface area contributed by atoms with Crippen molar-refractivity contribution < 1.29 is 14.3 Å². The summed E-state index contributed by atoms with van der Waals surface area (Å²) in [7, 11) is 0. The third-order valence-corrected chi connectivity index (χ3v) is 7.97. The summed E-state index contributed by atoms with van der Waals surface area (Å²) in [4.78, 5) is 42.5. The minimum atomic E-state index is -1.49. The number of hydrogen-bond acceptors (Lipinski definition) is 7. The maximum absolute atomic E-state index is 14.5. The van der Waals surface area contributed by atoms with Crippen LogP contribution in [0.4, 0.5) is 11.6 Å². The van der Waals surface area contributed by atoms with E-state index in [2.05, 4.69) is 36.2 Å². The molecule has 3 aliphatic rings. The van der Waals surface area contributed by atoms with Crippen molar-refractivity contribution in [2.75, 3.05) is 11.1 Å². The summed E-state index contributed by atoms with van der Waals surface area (Å²) in [5.74, 6) is 1.04. The normalized spacial score (nSPS) is 25.1. The summed E-state index contributed by atoms with van der Waals surface area (Å²) >= 11 is 3.33. The summed E-state index contributed by atoms with van der Waals surface area (Å²) in [6.07, 6.45) is 2.84. The highest BCUT2D eigenvalue weighted by Crippen LogP contribution is 2.51. The highest BCUT2D eigenvalue weighted by atomic mass is 79.9. The Balaban J connectivity index is 1.31. The zero-order valence-electron chi connectivity index (χ0n) is 19.8. The molecule has 2 amide bonds. The molecule has 1 aromatic carbocycles. The second kappa shape index (κ2) is 7.75. The lowest BCUT2D eigenvalue weighted by atomic mass is 10.0. The maximum Gasteiger partial charge on any atom is 0.289 e. The molecule has 3 aromatic heterocycles. The molecule has 0 bridgehead atoms. The number of rotatable bonds is 3. The molecular weight excluding hydrogens is 538 g/mol. The number of hydrogen-bond donors (Lipinski definition) is 2. The Morgan fingerprint density at radius 2 is 2.00 bits per heavy atom. The number of nitrogen functional groups attached to an aromatic ring is 1. The molecule has 1 aliphatic carbocycles. The van der Waals surface area contributed by atoms with Gasteiger partial charge in [-0.25, -0.2) is 15.0 Å². The molecule has 11 heteroatoms. The van der Waals surface area contributed by atoms with Crippen LogP contribution in [0.3, 0.4) is 0 Å². The van der Waals surface area contributed by atoms with Crippen molar-refractivity contribution in [1.29, 1.82) is 0 Å². The first-order chi connectivity index (χ1) is 17.8. The van der Waals surface area contributed by atoms with Crippen LogP contribution in [0.1, 0.15) is 19.8 Å². The van der Waals surface area contributed by atoms with E-state index in [1.165, 1.54) is 6.33 Å². The smallest absolute Gasteiger partial charge is 0.289 e. The number of pyridine rings is 1. The number of fused-ring (bicyclic) bond motifs is 6. The van der Waals surface area contributed by atoms with E-state index in [9.17, 15) is 9.59 Å². The molecule has 0 spiro atoms. The SMILES string of the molecule is CC1(C(=O)N2[C@@H](C(=O)Nc3cccc(Br)n3)C[C@@H]3C[C@@H]32)Oc2ccccc2-c2cc3c(N)ncnc3n21. The molecule has 1 saturated heterocycles. The minimum absolute atomic E-state index is 0.0127. The Morgan fingerprint density at radius 1 is 1.16 bits per heavy atom. The average molecular weight is 560 g/mol. The number of likely N-dealkylation sites (tertiary alicyclic amines) is 1. The van der Waals surface area contributed by atoms with Gasteiger partial charge in [0, 0.05) is 18.5 Å². The number of piperidine rings is 1. The van der Waals surface area contributed by atoms with Crippen molar-refractivity contribution in [3.05, 3.63) is 59.5 Å². The monoisotopic (exact) mass is 559 g/mol. The fraction of sp³-hybridized carbons (Fsp3) is 0.269. The van der Waals surface area contributed by atoms with E-state index in [4.69, 9.17) is 10.5 Å².